The van der Waals surface area contributed by atoms with E-state index in [4.69, 9.17) is 9.47 Å². The molecule has 5 rings (SSSR count). The third-order valence-electron chi connectivity index (χ3n) is 8.75. The molecule has 0 unspecified atom stereocenters. The van der Waals surface area contributed by atoms with Gasteiger partial charge in [-0.1, -0.05) is 42.5 Å². The molecule has 3 amide bonds. The summed E-state index contributed by atoms with van der Waals surface area (Å²) >= 11 is 0. The van der Waals surface area contributed by atoms with Gasteiger partial charge in [0.05, 0.1) is 31.1 Å². The molecule has 2 aromatic carbocycles. The van der Waals surface area contributed by atoms with Crippen molar-refractivity contribution in [2.24, 2.45) is 11.8 Å². The lowest BCUT2D eigenvalue weighted by molar-refractivity contribution is -0.159. The molecule has 1 spiro atoms. The molecule has 43 heavy (non-hydrogen) atoms. The molecule has 2 bridgehead atoms. The maximum Gasteiger partial charge on any atom is 0.312 e. The number of hydrogen-bond donors (Lipinski definition) is 2. The number of β-amino-alcohol motifs (C(OH)–C–C–N with tert-alkyl or cyclic N) is 1. The van der Waals surface area contributed by atoms with Gasteiger partial charge in [0.25, 0.3) is 5.91 Å². The number of carbonyl (C=O) groups excluding carboxylic acids is 4. The van der Waals surface area contributed by atoms with E-state index in [1.807, 2.05) is 42.5 Å². The van der Waals surface area contributed by atoms with Crippen LogP contribution in [0.2, 0.25) is 0 Å². The van der Waals surface area contributed by atoms with Crippen LogP contribution in [-0.4, -0.2) is 83.8 Å². The molecule has 0 saturated carbocycles. The Morgan fingerprint density at radius 3 is 2.70 bits per heavy atom. The molecule has 10 nitrogen and oxygen atoms in total. The summed E-state index contributed by atoms with van der Waals surface area (Å²) in [4.78, 5) is 56.9. The number of hydrogen-bond acceptors (Lipinski definition) is 7. The van der Waals surface area contributed by atoms with Crippen LogP contribution in [0.4, 0.5) is 5.69 Å². The first-order valence-electron chi connectivity index (χ1n) is 14.8. The van der Waals surface area contributed by atoms with Crippen LogP contribution in [0.25, 0.3) is 10.8 Å². The van der Waals surface area contributed by atoms with E-state index in [1.165, 1.54) is 4.90 Å². The third-order valence-corrected chi connectivity index (χ3v) is 8.75. The number of nitrogens with zero attached hydrogens (tertiary/aromatic N) is 2. The van der Waals surface area contributed by atoms with E-state index in [2.05, 4.69) is 18.5 Å². The Hall–Kier alpha value is -4.02. The van der Waals surface area contributed by atoms with Crippen LogP contribution in [0.15, 0.2) is 67.8 Å². The van der Waals surface area contributed by atoms with E-state index in [0.29, 0.717) is 31.4 Å². The first kappa shape index (κ1) is 30.4. The molecule has 2 N–H and O–H groups in total. The fourth-order valence-electron chi connectivity index (χ4n) is 6.89. The predicted octanol–water partition coefficient (Wildman–Crippen LogP) is 2.74. The van der Waals surface area contributed by atoms with Crippen molar-refractivity contribution < 1.29 is 33.8 Å². The van der Waals surface area contributed by atoms with Crippen molar-refractivity contribution in [1.82, 2.24) is 10.2 Å². The number of esters is 1. The summed E-state index contributed by atoms with van der Waals surface area (Å²) < 4.78 is 12.2. The minimum absolute atomic E-state index is 0.0733. The third kappa shape index (κ3) is 5.57. The molecule has 3 saturated heterocycles. The van der Waals surface area contributed by atoms with Gasteiger partial charge in [-0.3, -0.25) is 19.2 Å². The Labute approximate surface area is 251 Å². The fourth-order valence-corrected chi connectivity index (χ4v) is 6.89. The SMILES string of the molecule is C=CCCC(=O)NC[C@@H](C)OC(=O)[C@@H]1[C@H]2C(=O)N(CCO)[C@H](C(=O)N(CC=C)c3ccc4ccccc4c3)[C@]23CC[C@H]1O3. The molecule has 0 aliphatic carbocycles. The lowest BCUT2D eigenvalue weighted by Crippen LogP contribution is -2.56. The van der Waals surface area contributed by atoms with Gasteiger partial charge in [0.1, 0.15) is 17.7 Å². The van der Waals surface area contributed by atoms with Crippen LogP contribution < -0.4 is 10.2 Å². The molecule has 0 radical (unpaired) electrons. The molecular formula is C33H39N3O7. The Bertz CT molecular complexity index is 1430. The average molecular weight is 590 g/mol. The molecular weight excluding hydrogens is 550 g/mol. The van der Waals surface area contributed by atoms with Crippen molar-refractivity contribution in [2.45, 2.75) is 56.5 Å². The number of allylic oxidation sites excluding steroid dienone is 1. The largest absolute Gasteiger partial charge is 0.460 e. The minimum atomic E-state index is -1.23. The molecule has 6 atom stereocenters. The first-order chi connectivity index (χ1) is 20.7. The number of aliphatic hydroxyl groups excluding tert-OH is 1. The van der Waals surface area contributed by atoms with Gasteiger partial charge in [0.2, 0.25) is 11.8 Å². The molecule has 3 aliphatic rings. The quantitative estimate of drug-likeness (QED) is 0.272. The highest BCUT2D eigenvalue weighted by Gasteiger charge is 2.75. The number of benzene rings is 2. The highest BCUT2D eigenvalue weighted by atomic mass is 16.6. The number of aliphatic hydroxyl groups is 1. The van der Waals surface area contributed by atoms with Crippen molar-refractivity contribution in [3.63, 3.8) is 0 Å². The molecule has 0 aromatic heterocycles. The van der Waals surface area contributed by atoms with Gasteiger partial charge < -0.3 is 29.7 Å². The predicted molar refractivity (Wildman–Crippen MR) is 161 cm³/mol. The Kier molecular flexibility index (Phi) is 8.98. The Morgan fingerprint density at radius 1 is 1.21 bits per heavy atom. The first-order valence-corrected chi connectivity index (χ1v) is 14.8. The van der Waals surface area contributed by atoms with Crippen molar-refractivity contribution >= 4 is 40.2 Å². The topological polar surface area (TPSA) is 125 Å². The average Bonchev–Trinajstić information content (AvgIpc) is 3.65. The summed E-state index contributed by atoms with van der Waals surface area (Å²) in [5.74, 6) is -3.34. The van der Waals surface area contributed by atoms with Gasteiger partial charge in [0, 0.05) is 25.2 Å². The number of nitrogens with one attached hydrogen (secondary N) is 1. The second-order valence-electron chi connectivity index (χ2n) is 11.5. The zero-order chi connectivity index (χ0) is 30.7. The Morgan fingerprint density at radius 2 is 1.98 bits per heavy atom. The summed E-state index contributed by atoms with van der Waals surface area (Å²) in [5.41, 5.74) is -0.580. The normalized spacial score (nSPS) is 26.2. The second kappa shape index (κ2) is 12.7. The second-order valence-corrected chi connectivity index (χ2v) is 11.5. The van der Waals surface area contributed by atoms with E-state index in [-0.39, 0.29) is 38.1 Å². The number of ether oxygens (including phenoxy) is 2. The summed E-state index contributed by atoms with van der Waals surface area (Å²) in [6.45, 7) is 9.03. The van der Waals surface area contributed by atoms with E-state index in [1.54, 1.807) is 24.0 Å². The zero-order valence-corrected chi connectivity index (χ0v) is 24.4. The smallest absolute Gasteiger partial charge is 0.312 e. The van der Waals surface area contributed by atoms with E-state index in [0.717, 1.165) is 10.8 Å². The summed E-state index contributed by atoms with van der Waals surface area (Å²) in [7, 11) is 0. The minimum Gasteiger partial charge on any atom is -0.460 e. The number of anilines is 1. The van der Waals surface area contributed by atoms with Crippen molar-refractivity contribution in [3.05, 3.63) is 67.8 Å². The number of carbonyl (C=O) groups is 4. The van der Waals surface area contributed by atoms with Crippen molar-refractivity contribution in [1.29, 1.82) is 0 Å². The van der Waals surface area contributed by atoms with Gasteiger partial charge in [-0.2, -0.15) is 0 Å². The van der Waals surface area contributed by atoms with Crippen LogP contribution in [0, 0.1) is 11.8 Å². The van der Waals surface area contributed by atoms with Crippen LogP contribution in [0.3, 0.4) is 0 Å². The van der Waals surface area contributed by atoms with Crippen LogP contribution in [0.1, 0.15) is 32.6 Å². The number of likely N-dealkylation sites (tertiary alicyclic amines) is 1. The zero-order valence-electron chi connectivity index (χ0n) is 24.4. The van der Waals surface area contributed by atoms with Gasteiger partial charge in [-0.25, -0.2) is 0 Å². The highest BCUT2D eigenvalue weighted by molar-refractivity contribution is 6.05. The summed E-state index contributed by atoms with van der Waals surface area (Å²) in [5, 5.41) is 14.6. The summed E-state index contributed by atoms with van der Waals surface area (Å²) in [6, 6.07) is 12.5. The van der Waals surface area contributed by atoms with Crippen LogP contribution in [0.5, 0.6) is 0 Å². The van der Waals surface area contributed by atoms with E-state index >= 15 is 0 Å². The monoisotopic (exact) mass is 589 g/mol. The number of amides is 3. The fraction of sp³-hybridized carbons (Fsp3) is 0.455. The standard InChI is InChI=1S/C33H39N3O7/c1-4-6-11-26(38)34-20-21(3)42-32(41)27-25-14-15-33(43-25)28(27)30(39)36(17-18-37)29(33)31(40)35(16-5-2)24-13-12-22-9-7-8-10-23(22)19-24/h4-5,7-10,12-13,19,21,25,27-29,37H,1-2,6,11,14-18,20H2,3H3,(H,34,38)/t21-,25-,27+,28+,29-,33+/m1/s1. The van der Waals surface area contributed by atoms with E-state index < -0.39 is 47.6 Å². The Balaban J connectivity index is 1.40. The highest BCUT2D eigenvalue weighted by Crippen LogP contribution is 2.59. The van der Waals surface area contributed by atoms with Crippen molar-refractivity contribution in [3.8, 4) is 0 Å². The lowest BCUT2D eigenvalue weighted by Gasteiger charge is -2.36. The van der Waals surface area contributed by atoms with Crippen LogP contribution >= 0.6 is 0 Å². The molecule has 3 aliphatic heterocycles. The van der Waals surface area contributed by atoms with Gasteiger partial charge >= 0.3 is 5.97 Å². The molecule has 3 fully saturated rings. The van der Waals surface area contributed by atoms with Gasteiger partial charge in [0.15, 0.2) is 0 Å². The van der Waals surface area contributed by atoms with Gasteiger partial charge in [-0.15, -0.1) is 13.2 Å². The van der Waals surface area contributed by atoms with Crippen LogP contribution in [-0.2, 0) is 28.7 Å². The summed E-state index contributed by atoms with van der Waals surface area (Å²) in [6.07, 6.45) is 3.82. The molecule has 10 heteroatoms. The maximum atomic E-state index is 14.5. The molecule has 2 aromatic rings. The molecule has 3 heterocycles. The van der Waals surface area contributed by atoms with E-state index in [9.17, 15) is 24.3 Å². The number of fused-ring (bicyclic) bond motifs is 2. The molecule has 228 valence electrons. The van der Waals surface area contributed by atoms with Crippen molar-refractivity contribution in [2.75, 3.05) is 31.1 Å². The number of rotatable bonds is 13. The van der Waals surface area contributed by atoms with Gasteiger partial charge in [-0.05, 0) is 49.1 Å². The maximum absolute atomic E-state index is 14.5. The lowest BCUT2D eigenvalue weighted by atomic mass is 9.70.